The molecule has 2 N–H and O–H groups in total. The molecule has 1 unspecified atom stereocenters. The number of anilines is 1. The first-order valence-electron chi connectivity index (χ1n) is 5.27. The van der Waals surface area contributed by atoms with E-state index in [0.717, 1.165) is 0 Å². The molecule has 1 heterocycles. The van der Waals surface area contributed by atoms with E-state index in [1.54, 1.807) is 12.1 Å². The Bertz CT molecular complexity index is 646. The number of nitrogens with one attached hydrogen (secondary N) is 2. The minimum absolute atomic E-state index is 0.0554. The molecule has 0 fully saturated rings. The van der Waals surface area contributed by atoms with Crippen LogP contribution in [0.25, 0.3) is 0 Å². The predicted octanol–water partition coefficient (Wildman–Crippen LogP) is 0.372. The fourth-order valence-electron chi connectivity index (χ4n) is 1.70. The highest BCUT2D eigenvalue weighted by atomic mass is 32.2. The summed E-state index contributed by atoms with van der Waals surface area (Å²) in [4.78, 5) is 11.2. The summed E-state index contributed by atoms with van der Waals surface area (Å²) in [5.74, 6) is -0.155. The van der Waals surface area contributed by atoms with Gasteiger partial charge in [-0.2, -0.15) is 9.98 Å². The van der Waals surface area contributed by atoms with Gasteiger partial charge < -0.3 is 5.32 Å². The summed E-state index contributed by atoms with van der Waals surface area (Å²) in [7, 11) is -3.72. The van der Waals surface area contributed by atoms with Crippen molar-refractivity contribution >= 4 is 21.6 Å². The third-order valence-electron chi connectivity index (χ3n) is 2.54. The molecule has 7 heteroatoms. The quantitative estimate of drug-likeness (QED) is 0.824. The van der Waals surface area contributed by atoms with E-state index in [1.165, 1.54) is 19.1 Å². The van der Waals surface area contributed by atoms with Crippen molar-refractivity contribution in [3.63, 3.8) is 0 Å². The van der Waals surface area contributed by atoms with Gasteiger partial charge in [0.25, 0.3) is 0 Å². The molecule has 0 radical (unpaired) electrons. The zero-order valence-corrected chi connectivity index (χ0v) is 10.4. The van der Waals surface area contributed by atoms with Gasteiger partial charge in [0.15, 0.2) is 0 Å². The van der Waals surface area contributed by atoms with E-state index in [0.29, 0.717) is 11.3 Å². The van der Waals surface area contributed by atoms with Crippen molar-refractivity contribution in [1.29, 1.82) is 5.26 Å². The summed E-state index contributed by atoms with van der Waals surface area (Å²) < 4.78 is 26.1. The number of nitriles is 1. The topological polar surface area (TPSA) is 99.1 Å². The van der Waals surface area contributed by atoms with Crippen LogP contribution in [0, 0.1) is 11.3 Å². The van der Waals surface area contributed by atoms with Gasteiger partial charge in [-0.1, -0.05) is 0 Å². The number of nitrogens with zero attached hydrogens (tertiary/aromatic N) is 1. The van der Waals surface area contributed by atoms with E-state index >= 15 is 0 Å². The fraction of sp³-hybridized carbons (Fsp3) is 0.273. The van der Waals surface area contributed by atoms with Gasteiger partial charge in [0, 0.05) is 5.69 Å². The SMILES string of the molecule is CC(C#N)NS(=O)(=O)c1ccc2c(c1)CC(=O)N2. The fourth-order valence-corrected chi connectivity index (χ4v) is 2.90. The summed E-state index contributed by atoms with van der Waals surface area (Å²) >= 11 is 0. The molecule has 94 valence electrons. The normalized spacial score (nSPS) is 15.7. The first kappa shape index (κ1) is 12.5. The van der Waals surface area contributed by atoms with Gasteiger partial charge in [0.1, 0.15) is 6.04 Å². The van der Waals surface area contributed by atoms with Crippen LogP contribution in [0.4, 0.5) is 5.69 Å². The zero-order chi connectivity index (χ0) is 13.3. The number of benzene rings is 1. The number of hydrogen-bond donors (Lipinski definition) is 2. The Kier molecular flexibility index (Phi) is 3.07. The van der Waals surface area contributed by atoms with Crippen LogP contribution in [0.1, 0.15) is 12.5 Å². The average molecular weight is 265 g/mol. The Morgan fingerprint density at radius 2 is 2.22 bits per heavy atom. The molecule has 1 atom stereocenters. The molecule has 0 saturated carbocycles. The minimum atomic E-state index is -3.72. The third kappa shape index (κ3) is 2.34. The van der Waals surface area contributed by atoms with E-state index < -0.39 is 16.1 Å². The largest absolute Gasteiger partial charge is 0.326 e. The highest BCUT2D eigenvalue weighted by Gasteiger charge is 2.22. The maximum Gasteiger partial charge on any atom is 0.241 e. The molecule has 0 aliphatic carbocycles. The van der Waals surface area contributed by atoms with Gasteiger partial charge in [-0.3, -0.25) is 4.79 Å². The molecule has 0 saturated heterocycles. The molecule has 0 spiro atoms. The summed E-state index contributed by atoms with van der Waals surface area (Å²) in [6.07, 6.45) is 0.173. The van der Waals surface area contributed by atoms with Crippen LogP contribution in [0.5, 0.6) is 0 Å². The van der Waals surface area contributed by atoms with Crippen molar-refractivity contribution in [2.24, 2.45) is 0 Å². The smallest absolute Gasteiger partial charge is 0.241 e. The Labute approximate surface area is 105 Å². The molecule has 2 rings (SSSR count). The van der Waals surface area contributed by atoms with Gasteiger partial charge in [-0.05, 0) is 30.7 Å². The molecule has 6 nitrogen and oxygen atoms in total. The molecule has 1 amide bonds. The number of carbonyl (C=O) groups excluding carboxylic acids is 1. The number of amides is 1. The third-order valence-corrected chi connectivity index (χ3v) is 4.08. The lowest BCUT2D eigenvalue weighted by Crippen LogP contribution is -2.31. The second-order valence-electron chi connectivity index (χ2n) is 4.02. The lowest BCUT2D eigenvalue weighted by molar-refractivity contribution is -0.115. The highest BCUT2D eigenvalue weighted by molar-refractivity contribution is 7.89. The average Bonchev–Trinajstić information content (AvgIpc) is 2.67. The van der Waals surface area contributed by atoms with E-state index in [2.05, 4.69) is 10.0 Å². The van der Waals surface area contributed by atoms with Crippen molar-refractivity contribution < 1.29 is 13.2 Å². The molecule has 0 aromatic heterocycles. The van der Waals surface area contributed by atoms with E-state index in [9.17, 15) is 13.2 Å². The summed E-state index contributed by atoms with van der Waals surface area (Å²) in [5, 5.41) is 11.2. The predicted molar refractivity (Wildman–Crippen MR) is 64.2 cm³/mol. The van der Waals surface area contributed by atoms with Crippen LogP contribution in [-0.4, -0.2) is 20.4 Å². The van der Waals surface area contributed by atoms with Crippen LogP contribution in [0.15, 0.2) is 23.1 Å². The van der Waals surface area contributed by atoms with Crippen LogP contribution >= 0.6 is 0 Å². The van der Waals surface area contributed by atoms with Crippen LogP contribution in [0.3, 0.4) is 0 Å². The second-order valence-corrected chi connectivity index (χ2v) is 5.73. The summed E-state index contributed by atoms with van der Waals surface area (Å²) in [6.45, 7) is 1.45. The highest BCUT2D eigenvalue weighted by Crippen LogP contribution is 2.25. The van der Waals surface area contributed by atoms with Crippen molar-refractivity contribution in [3.8, 4) is 6.07 Å². The van der Waals surface area contributed by atoms with Gasteiger partial charge in [0.2, 0.25) is 15.9 Å². The second kappa shape index (κ2) is 4.40. The molecule has 1 aromatic rings. The van der Waals surface area contributed by atoms with E-state index in [1.807, 2.05) is 0 Å². The first-order chi connectivity index (χ1) is 8.42. The summed E-state index contributed by atoms with van der Waals surface area (Å²) in [6, 6.07) is 5.38. The zero-order valence-electron chi connectivity index (χ0n) is 9.60. The number of carbonyl (C=O) groups is 1. The molecular formula is C11H11N3O3S. The molecule has 1 aliphatic heterocycles. The maximum absolute atomic E-state index is 11.9. The van der Waals surface area contributed by atoms with Crippen molar-refractivity contribution in [2.45, 2.75) is 24.3 Å². The number of rotatable bonds is 3. The number of sulfonamides is 1. The Balaban J connectivity index is 2.34. The van der Waals surface area contributed by atoms with Gasteiger partial charge >= 0.3 is 0 Å². The lowest BCUT2D eigenvalue weighted by Gasteiger charge is -2.08. The van der Waals surface area contributed by atoms with Crippen LogP contribution in [0.2, 0.25) is 0 Å². The molecule has 1 aromatic carbocycles. The van der Waals surface area contributed by atoms with Crippen LogP contribution < -0.4 is 10.0 Å². The monoisotopic (exact) mass is 265 g/mol. The Hall–Kier alpha value is -1.91. The molecule has 18 heavy (non-hydrogen) atoms. The van der Waals surface area contributed by atoms with Gasteiger partial charge in [0.05, 0.1) is 17.4 Å². The Morgan fingerprint density at radius 3 is 2.89 bits per heavy atom. The van der Waals surface area contributed by atoms with E-state index in [-0.39, 0.29) is 17.2 Å². The van der Waals surface area contributed by atoms with Gasteiger partial charge in [-0.15, -0.1) is 0 Å². The molecule has 0 bridgehead atoms. The first-order valence-corrected chi connectivity index (χ1v) is 6.75. The molecule has 1 aliphatic rings. The number of hydrogen-bond acceptors (Lipinski definition) is 4. The summed E-state index contributed by atoms with van der Waals surface area (Å²) in [5.41, 5.74) is 1.28. The van der Waals surface area contributed by atoms with E-state index in [4.69, 9.17) is 5.26 Å². The van der Waals surface area contributed by atoms with Crippen molar-refractivity contribution in [3.05, 3.63) is 23.8 Å². The standard InChI is InChI=1S/C11H11N3O3S/c1-7(6-12)14-18(16,17)9-2-3-10-8(4-9)5-11(15)13-10/h2-4,7,14H,5H2,1H3,(H,13,15). The van der Waals surface area contributed by atoms with Crippen molar-refractivity contribution in [1.82, 2.24) is 4.72 Å². The van der Waals surface area contributed by atoms with Crippen LogP contribution in [-0.2, 0) is 21.2 Å². The lowest BCUT2D eigenvalue weighted by atomic mass is 10.2. The van der Waals surface area contributed by atoms with Gasteiger partial charge in [-0.25, -0.2) is 8.42 Å². The minimum Gasteiger partial charge on any atom is -0.326 e. The maximum atomic E-state index is 11.9. The molecular weight excluding hydrogens is 254 g/mol. The Morgan fingerprint density at radius 1 is 1.50 bits per heavy atom. The van der Waals surface area contributed by atoms with Crippen molar-refractivity contribution in [2.75, 3.05) is 5.32 Å². The number of fused-ring (bicyclic) bond motifs is 1.